The maximum Gasteiger partial charge on any atom is 0.347 e. The summed E-state index contributed by atoms with van der Waals surface area (Å²) in [6, 6.07) is 0. The minimum Gasteiger partial charge on any atom is -0.462 e. The molecule has 2 aliphatic rings. The van der Waals surface area contributed by atoms with Gasteiger partial charge in [-0.05, 0) is 6.92 Å². The van der Waals surface area contributed by atoms with Crippen molar-refractivity contribution in [1.82, 2.24) is 10.2 Å². The number of ether oxygens (including phenoxy) is 1. The molecular weight excluding hydrogens is 272 g/mol. The Kier molecular flexibility index (Phi) is 4.23. The van der Waals surface area contributed by atoms with Crippen LogP contribution < -0.4 is 5.32 Å². The van der Waals surface area contributed by atoms with Crippen LogP contribution in [0.15, 0.2) is 21.0 Å². The third-order valence-electron chi connectivity index (χ3n) is 2.49. The fourth-order valence-electron chi connectivity index (χ4n) is 1.69. The molecule has 2 aliphatic heterocycles. The molecule has 0 atom stereocenters. The molecule has 2 rings (SSSR count). The molecule has 5 nitrogen and oxygen atoms in total. The molecule has 1 amide bonds. The highest BCUT2D eigenvalue weighted by atomic mass is 32.2. The van der Waals surface area contributed by atoms with Crippen LogP contribution >= 0.6 is 23.5 Å². The number of carbonyl (C=O) groups excluding carboxylic acids is 2. The first kappa shape index (κ1) is 13.4. The number of hydrogen-bond donors (Lipinski definition) is 1. The lowest BCUT2D eigenvalue weighted by Crippen LogP contribution is -2.34. The van der Waals surface area contributed by atoms with Gasteiger partial charge in [0, 0.05) is 24.8 Å². The van der Waals surface area contributed by atoms with Crippen molar-refractivity contribution in [3.8, 4) is 0 Å². The normalized spacial score (nSPS) is 18.3. The minimum absolute atomic E-state index is 0.132. The lowest BCUT2D eigenvalue weighted by molar-refractivity contribution is -0.137. The molecule has 7 heteroatoms. The van der Waals surface area contributed by atoms with Gasteiger partial charge in [0.15, 0.2) is 0 Å². The van der Waals surface area contributed by atoms with Crippen LogP contribution in [0, 0.1) is 0 Å². The molecule has 18 heavy (non-hydrogen) atoms. The van der Waals surface area contributed by atoms with E-state index >= 15 is 0 Å². The molecule has 2 heterocycles. The van der Waals surface area contributed by atoms with Crippen molar-refractivity contribution < 1.29 is 14.3 Å². The summed E-state index contributed by atoms with van der Waals surface area (Å²) in [5.41, 5.74) is 0.597. The topological polar surface area (TPSA) is 58.6 Å². The smallest absolute Gasteiger partial charge is 0.347 e. The van der Waals surface area contributed by atoms with Crippen LogP contribution in [-0.4, -0.2) is 42.7 Å². The molecular formula is C11H14N2O3S2. The third kappa shape index (κ3) is 2.37. The van der Waals surface area contributed by atoms with Gasteiger partial charge in [-0.25, -0.2) is 4.79 Å². The zero-order valence-corrected chi connectivity index (χ0v) is 11.8. The van der Waals surface area contributed by atoms with Crippen LogP contribution in [0.4, 0.5) is 0 Å². The maximum absolute atomic E-state index is 11.8. The highest BCUT2D eigenvalue weighted by Gasteiger charge is 2.34. The highest BCUT2D eigenvalue weighted by Crippen LogP contribution is 2.43. The number of fused-ring (bicyclic) bond motifs is 1. The number of carbonyl (C=O) groups is 2. The first-order valence-corrected chi connectivity index (χ1v) is 7.46. The predicted octanol–water partition coefficient (Wildman–Crippen LogP) is 1.10. The second-order valence-electron chi connectivity index (χ2n) is 3.55. The van der Waals surface area contributed by atoms with E-state index in [1.807, 2.05) is 4.90 Å². The Morgan fingerprint density at radius 1 is 1.56 bits per heavy atom. The molecule has 1 N–H and O–H groups in total. The largest absolute Gasteiger partial charge is 0.462 e. The molecule has 0 saturated carbocycles. The summed E-state index contributed by atoms with van der Waals surface area (Å²) >= 11 is 2.89. The van der Waals surface area contributed by atoms with Crippen molar-refractivity contribution >= 4 is 35.4 Å². The summed E-state index contributed by atoms with van der Waals surface area (Å²) in [7, 11) is 1.60. The van der Waals surface area contributed by atoms with Gasteiger partial charge in [0.2, 0.25) is 0 Å². The second-order valence-corrected chi connectivity index (χ2v) is 5.52. The molecule has 98 valence electrons. The number of nitrogens with one attached hydrogen (secondary N) is 1. The Bertz CT molecular complexity index is 446. The van der Waals surface area contributed by atoms with Gasteiger partial charge in [-0.2, -0.15) is 0 Å². The molecule has 0 aromatic heterocycles. The number of hydrogen-bond acceptors (Lipinski definition) is 6. The first-order valence-electron chi connectivity index (χ1n) is 5.59. The van der Waals surface area contributed by atoms with E-state index in [2.05, 4.69) is 5.32 Å². The Labute approximate surface area is 114 Å². The van der Waals surface area contributed by atoms with Crippen molar-refractivity contribution in [2.24, 2.45) is 0 Å². The summed E-state index contributed by atoms with van der Waals surface area (Å²) in [5.74, 6) is 0.334. The molecule has 0 spiro atoms. The van der Waals surface area contributed by atoms with Crippen molar-refractivity contribution in [1.29, 1.82) is 0 Å². The number of likely N-dealkylation sites (N-methyl/N-ethyl adjacent to an activating group) is 1. The van der Waals surface area contributed by atoms with Crippen LogP contribution in [0.5, 0.6) is 0 Å². The van der Waals surface area contributed by atoms with E-state index in [1.165, 1.54) is 23.5 Å². The van der Waals surface area contributed by atoms with E-state index in [9.17, 15) is 9.59 Å². The number of amides is 1. The van der Waals surface area contributed by atoms with E-state index in [4.69, 9.17) is 4.74 Å². The SMILES string of the molecule is CCOC(=O)C1=C2SC=C(C(=O)NC)N2CCS1. The number of rotatable bonds is 3. The molecule has 0 bridgehead atoms. The lowest BCUT2D eigenvalue weighted by Gasteiger charge is -2.27. The van der Waals surface area contributed by atoms with Gasteiger partial charge in [0.05, 0.1) is 6.61 Å². The second kappa shape index (κ2) is 5.71. The number of nitrogens with zero attached hydrogens (tertiary/aromatic N) is 1. The minimum atomic E-state index is -0.304. The molecule has 0 aromatic carbocycles. The summed E-state index contributed by atoms with van der Waals surface area (Å²) in [6.45, 7) is 2.87. The molecule has 0 saturated heterocycles. The lowest BCUT2D eigenvalue weighted by atomic mass is 10.3. The molecule has 0 aliphatic carbocycles. The fourth-order valence-corrected chi connectivity index (χ4v) is 3.87. The summed E-state index contributed by atoms with van der Waals surface area (Å²) < 4.78 is 5.03. The Morgan fingerprint density at radius 2 is 2.33 bits per heavy atom. The van der Waals surface area contributed by atoms with Gasteiger partial charge in [0.1, 0.15) is 15.6 Å². The van der Waals surface area contributed by atoms with Crippen LogP contribution in [0.3, 0.4) is 0 Å². The summed E-state index contributed by atoms with van der Waals surface area (Å²) in [6.07, 6.45) is 0. The standard InChI is InChI=1S/C11H14N2O3S2/c1-3-16-11(15)8-10-13(4-5-17-8)7(6-18-10)9(14)12-2/h6H,3-5H2,1-2H3,(H,12,14). The Balaban J connectivity index is 2.25. The Morgan fingerprint density at radius 3 is 3.00 bits per heavy atom. The van der Waals surface area contributed by atoms with Gasteiger partial charge in [0.25, 0.3) is 5.91 Å². The summed E-state index contributed by atoms with van der Waals surface area (Å²) in [5, 5.41) is 5.19. The quantitative estimate of drug-likeness (QED) is 0.784. The Hall–Kier alpha value is -1.08. The fraction of sp³-hybridized carbons (Fsp3) is 0.455. The monoisotopic (exact) mass is 286 g/mol. The van der Waals surface area contributed by atoms with E-state index in [1.54, 1.807) is 19.4 Å². The van der Waals surface area contributed by atoms with E-state index in [-0.39, 0.29) is 11.9 Å². The maximum atomic E-state index is 11.8. The zero-order valence-electron chi connectivity index (χ0n) is 10.2. The van der Waals surface area contributed by atoms with Crippen molar-refractivity contribution in [3.63, 3.8) is 0 Å². The zero-order chi connectivity index (χ0) is 13.1. The van der Waals surface area contributed by atoms with Crippen LogP contribution in [0.25, 0.3) is 0 Å². The molecule has 0 fully saturated rings. The van der Waals surface area contributed by atoms with Crippen LogP contribution in [0.2, 0.25) is 0 Å². The van der Waals surface area contributed by atoms with E-state index in [0.717, 1.165) is 17.3 Å². The number of thioether (sulfide) groups is 2. The van der Waals surface area contributed by atoms with E-state index < -0.39 is 0 Å². The average molecular weight is 286 g/mol. The number of esters is 1. The molecule has 0 radical (unpaired) electrons. The van der Waals surface area contributed by atoms with E-state index in [0.29, 0.717) is 17.2 Å². The van der Waals surface area contributed by atoms with Crippen molar-refractivity contribution in [2.45, 2.75) is 6.92 Å². The van der Waals surface area contributed by atoms with Crippen molar-refractivity contribution in [2.75, 3.05) is 26.0 Å². The van der Waals surface area contributed by atoms with Gasteiger partial charge < -0.3 is 15.0 Å². The van der Waals surface area contributed by atoms with Gasteiger partial charge in [-0.15, -0.1) is 11.8 Å². The van der Waals surface area contributed by atoms with Crippen LogP contribution in [-0.2, 0) is 14.3 Å². The molecule has 0 unspecified atom stereocenters. The predicted molar refractivity (Wildman–Crippen MR) is 72.6 cm³/mol. The van der Waals surface area contributed by atoms with Gasteiger partial charge >= 0.3 is 5.97 Å². The van der Waals surface area contributed by atoms with Gasteiger partial charge in [-0.3, -0.25) is 4.79 Å². The third-order valence-corrected chi connectivity index (χ3v) is 4.65. The summed E-state index contributed by atoms with van der Waals surface area (Å²) in [4.78, 5) is 26.0. The highest BCUT2D eigenvalue weighted by molar-refractivity contribution is 8.09. The average Bonchev–Trinajstić information content (AvgIpc) is 2.81. The van der Waals surface area contributed by atoms with Gasteiger partial charge in [-0.1, -0.05) is 11.8 Å². The van der Waals surface area contributed by atoms with Crippen molar-refractivity contribution in [3.05, 3.63) is 21.0 Å². The first-order chi connectivity index (χ1) is 8.69. The van der Waals surface area contributed by atoms with Crippen LogP contribution in [0.1, 0.15) is 6.92 Å². The molecule has 0 aromatic rings.